The Balaban J connectivity index is 1.70. The van der Waals surface area contributed by atoms with Crippen LogP contribution in [0.5, 0.6) is 0 Å². The minimum atomic E-state index is 0.148. The molecular weight excluding hydrogens is 316 g/mol. The van der Waals surface area contributed by atoms with Crippen molar-refractivity contribution in [2.24, 2.45) is 0 Å². The minimum absolute atomic E-state index is 0.148. The van der Waals surface area contributed by atoms with Gasteiger partial charge in [-0.2, -0.15) is 0 Å². The van der Waals surface area contributed by atoms with Gasteiger partial charge in [0.15, 0.2) is 0 Å². The zero-order valence-corrected chi connectivity index (χ0v) is 14.0. The molecule has 0 aliphatic carbocycles. The molecule has 0 amide bonds. The summed E-state index contributed by atoms with van der Waals surface area (Å²) in [6, 6.07) is 12.0. The maximum absolute atomic E-state index is 6.23. The number of aryl methyl sites for hydroxylation is 1. The van der Waals surface area contributed by atoms with Gasteiger partial charge in [0.25, 0.3) is 0 Å². The van der Waals surface area contributed by atoms with Gasteiger partial charge in [-0.25, -0.2) is 4.98 Å². The first-order valence-electron chi connectivity index (χ1n) is 7.13. The second kappa shape index (κ2) is 6.65. The molecule has 0 saturated heterocycles. The van der Waals surface area contributed by atoms with Crippen LogP contribution in [-0.4, -0.2) is 4.98 Å². The highest BCUT2D eigenvalue weighted by molar-refractivity contribution is 7.13. The van der Waals surface area contributed by atoms with Crippen LogP contribution in [0.15, 0.2) is 46.2 Å². The summed E-state index contributed by atoms with van der Waals surface area (Å²) in [5.41, 5.74) is 2.02. The Hall–Kier alpha value is -1.62. The molecule has 1 N–H and O–H groups in total. The third-order valence-corrected chi connectivity index (χ3v) is 4.77. The molecule has 0 saturated carbocycles. The SMILES string of the molecule is Cc1oc(-c2cccs2)nc1CN[C@H](C)c1ccccc1Cl. The fraction of sp³-hybridized carbons (Fsp3) is 0.235. The molecule has 0 spiro atoms. The number of thiophene rings is 1. The van der Waals surface area contributed by atoms with Crippen LogP contribution in [0.3, 0.4) is 0 Å². The van der Waals surface area contributed by atoms with Crippen molar-refractivity contribution in [3.63, 3.8) is 0 Å². The summed E-state index contributed by atoms with van der Waals surface area (Å²) >= 11 is 7.86. The summed E-state index contributed by atoms with van der Waals surface area (Å²) in [6.45, 7) is 4.69. The highest BCUT2D eigenvalue weighted by Gasteiger charge is 2.14. The summed E-state index contributed by atoms with van der Waals surface area (Å²) in [6.07, 6.45) is 0. The van der Waals surface area contributed by atoms with Crippen LogP contribution in [-0.2, 0) is 6.54 Å². The van der Waals surface area contributed by atoms with E-state index in [-0.39, 0.29) is 6.04 Å². The van der Waals surface area contributed by atoms with Crippen molar-refractivity contribution < 1.29 is 4.42 Å². The van der Waals surface area contributed by atoms with Gasteiger partial charge in [0.05, 0.1) is 10.6 Å². The molecular formula is C17H17ClN2OS. The lowest BCUT2D eigenvalue weighted by Gasteiger charge is -2.14. The van der Waals surface area contributed by atoms with Crippen LogP contribution in [0.25, 0.3) is 10.8 Å². The molecule has 3 rings (SSSR count). The number of nitrogens with one attached hydrogen (secondary N) is 1. The largest absolute Gasteiger partial charge is 0.440 e. The predicted molar refractivity (Wildman–Crippen MR) is 91.3 cm³/mol. The van der Waals surface area contributed by atoms with Gasteiger partial charge in [-0.05, 0) is 36.9 Å². The molecule has 0 fully saturated rings. The van der Waals surface area contributed by atoms with Gasteiger partial charge in [-0.3, -0.25) is 0 Å². The van der Waals surface area contributed by atoms with Crippen LogP contribution >= 0.6 is 22.9 Å². The maximum atomic E-state index is 6.23. The second-order valence-electron chi connectivity index (χ2n) is 5.12. The highest BCUT2D eigenvalue weighted by atomic mass is 35.5. The molecule has 3 aromatic rings. The Kier molecular flexibility index (Phi) is 4.62. The Morgan fingerprint density at radius 3 is 2.82 bits per heavy atom. The van der Waals surface area contributed by atoms with E-state index in [9.17, 15) is 0 Å². The maximum Gasteiger partial charge on any atom is 0.236 e. The lowest BCUT2D eigenvalue weighted by molar-refractivity contribution is 0.529. The van der Waals surface area contributed by atoms with Gasteiger partial charge in [-0.15, -0.1) is 11.3 Å². The predicted octanol–water partition coefficient (Wildman–Crippen LogP) is 5.22. The monoisotopic (exact) mass is 332 g/mol. The van der Waals surface area contributed by atoms with Gasteiger partial charge in [0.2, 0.25) is 5.89 Å². The van der Waals surface area contributed by atoms with Gasteiger partial charge in [0, 0.05) is 17.6 Å². The topological polar surface area (TPSA) is 38.1 Å². The minimum Gasteiger partial charge on any atom is -0.440 e. The number of halogens is 1. The number of aromatic nitrogens is 1. The molecule has 0 radical (unpaired) electrons. The van der Waals surface area contributed by atoms with E-state index < -0.39 is 0 Å². The van der Waals surface area contributed by atoms with Crippen LogP contribution in [0.1, 0.15) is 30.0 Å². The van der Waals surface area contributed by atoms with E-state index in [0.29, 0.717) is 12.4 Å². The van der Waals surface area contributed by atoms with Crippen molar-refractivity contribution in [2.45, 2.75) is 26.4 Å². The fourth-order valence-corrected chi connectivity index (χ4v) is 3.23. The third-order valence-electron chi connectivity index (χ3n) is 3.57. The van der Waals surface area contributed by atoms with Crippen molar-refractivity contribution in [1.29, 1.82) is 0 Å². The Bertz CT molecular complexity index is 752. The quantitative estimate of drug-likeness (QED) is 0.696. The van der Waals surface area contributed by atoms with Crippen molar-refractivity contribution >= 4 is 22.9 Å². The van der Waals surface area contributed by atoms with Crippen LogP contribution in [0, 0.1) is 6.92 Å². The Labute approximate surface area is 139 Å². The van der Waals surface area contributed by atoms with Crippen LogP contribution < -0.4 is 5.32 Å². The first-order valence-corrected chi connectivity index (χ1v) is 8.39. The zero-order chi connectivity index (χ0) is 15.5. The van der Waals surface area contributed by atoms with Gasteiger partial charge >= 0.3 is 0 Å². The molecule has 2 aromatic heterocycles. The number of rotatable bonds is 5. The molecule has 0 bridgehead atoms. The van der Waals surface area contributed by atoms with E-state index in [1.807, 2.05) is 48.7 Å². The summed E-state index contributed by atoms with van der Waals surface area (Å²) in [5.74, 6) is 1.54. The van der Waals surface area contributed by atoms with Crippen molar-refractivity contribution in [1.82, 2.24) is 10.3 Å². The molecule has 2 heterocycles. The molecule has 1 aromatic carbocycles. The molecule has 22 heavy (non-hydrogen) atoms. The van der Waals surface area contributed by atoms with Crippen LogP contribution in [0.2, 0.25) is 5.02 Å². The van der Waals surface area contributed by atoms with E-state index >= 15 is 0 Å². The van der Waals surface area contributed by atoms with Crippen molar-refractivity contribution in [3.05, 3.63) is 63.8 Å². The van der Waals surface area contributed by atoms with E-state index in [1.165, 1.54) is 0 Å². The van der Waals surface area contributed by atoms with E-state index in [0.717, 1.165) is 26.9 Å². The number of hydrogen-bond acceptors (Lipinski definition) is 4. The molecule has 114 valence electrons. The van der Waals surface area contributed by atoms with Crippen LogP contribution in [0.4, 0.5) is 0 Å². The Morgan fingerprint density at radius 1 is 1.27 bits per heavy atom. The first-order chi connectivity index (χ1) is 10.6. The lowest BCUT2D eigenvalue weighted by Crippen LogP contribution is -2.19. The molecule has 0 aliphatic rings. The zero-order valence-electron chi connectivity index (χ0n) is 12.5. The molecule has 5 heteroatoms. The molecule has 1 atom stereocenters. The first kappa shape index (κ1) is 15.3. The van der Waals surface area contributed by atoms with Gasteiger partial charge < -0.3 is 9.73 Å². The number of hydrogen-bond donors (Lipinski definition) is 1. The smallest absolute Gasteiger partial charge is 0.236 e. The number of nitrogens with zero attached hydrogens (tertiary/aromatic N) is 1. The molecule has 0 aliphatic heterocycles. The molecule has 3 nitrogen and oxygen atoms in total. The second-order valence-corrected chi connectivity index (χ2v) is 6.48. The van der Waals surface area contributed by atoms with Crippen molar-refractivity contribution in [2.75, 3.05) is 0 Å². The third kappa shape index (κ3) is 3.24. The lowest BCUT2D eigenvalue weighted by atomic mass is 10.1. The average molecular weight is 333 g/mol. The van der Waals surface area contributed by atoms with Crippen molar-refractivity contribution in [3.8, 4) is 10.8 Å². The van der Waals surface area contributed by atoms with E-state index in [1.54, 1.807) is 11.3 Å². The van der Waals surface area contributed by atoms with Gasteiger partial charge in [-0.1, -0.05) is 35.9 Å². The van der Waals surface area contributed by atoms with Gasteiger partial charge in [0.1, 0.15) is 5.76 Å². The van der Waals surface area contributed by atoms with E-state index in [2.05, 4.69) is 17.2 Å². The fourth-order valence-electron chi connectivity index (χ4n) is 2.28. The average Bonchev–Trinajstić information content (AvgIpc) is 3.15. The normalized spacial score (nSPS) is 12.5. The van der Waals surface area contributed by atoms with E-state index in [4.69, 9.17) is 16.0 Å². The summed E-state index contributed by atoms with van der Waals surface area (Å²) in [5, 5.41) is 6.25. The summed E-state index contributed by atoms with van der Waals surface area (Å²) in [4.78, 5) is 5.64. The number of oxazole rings is 1. The number of benzene rings is 1. The Morgan fingerprint density at radius 2 is 2.09 bits per heavy atom. The highest BCUT2D eigenvalue weighted by Crippen LogP contribution is 2.27. The summed E-state index contributed by atoms with van der Waals surface area (Å²) in [7, 11) is 0. The standard InChI is InChI=1S/C17H17ClN2OS/c1-11(13-6-3-4-7-14(13)18)19-10-15-12(2)21-17(20-15)16-8-5-9-22-16/h3-9,11,19H,10H2,1-2H3/t11-/m1/s1. The molecule has 0 unspecified atom stereocenters. The summed E-state index contributed by atoms with van der Waals surface area (Å²) < 4.78 is 5.75.